The Labute approximate surface area is 323 Å². The SMILES string of the molecule is C=C/C=C(C=C)/C(C)=C(/C(=C(\C)c1ccccc1)c1ccccc1)c1ccc(C(=C(/C)C2=CCCC=C2)/C(=C(\C)c2ccccc2)c2ccccc2)cc1. The summed E-state index contributed by atoms with van der Waals surface area (Å²) in [5.41, 5.74) is 19.1. The van der Waals surface area contributed by atoms with Crippen LogP contribution in [-0.2, 0) is 0 Å². The van der Waals surface area contributed by atoms with Gasteiger partial charge in [-0.2, -0.15) is 0 Å². The molecule has 0 heteroatoms. The van der Waals surface area contributed by atoms with E-state index in [1.165, 1.54) is 72.4 Å². The molecule has 5 aromatic carbocycles. The predicted octanol–water partition coefficient (Wildman–Crippen LogP) is 15.1. The molecule has 0 saturated carbocycles. The minimum atomic E-state index is 1.04. The Morgan fingerprint density at radius 2 is 0.833 bits per heavy atom. The normalized spacial score (nSPS) is 14.9. The molecule has 266 valence electrons. The van der Waals surface area contributed by atoms with E-state index in [4.69, 9.17) is 0 Å². The van der Waals surface area contributed by atoms with E-state index >= 15 is 0 Å². The van der Waals surface area contributed by atoms with Crippen LogP contribution in [0.4, 0.5) is 0 Å². The smallest absolute Gasteiger partial charge is 0.00673 e. The summed E-state index contributed by atoms with van der Waals surface area (Å²) >= 11 is 0. The van der Waals surface area contributed by atoms with Crippen molar-refractivity contribution in [1.82, 2.24) is 0 Å². The molecule has 1 aliphatic rings. The van der Waals surface area contributed by atoms with Crippen LogP contribution in [0.2, 0.25) is 0 Å². The summed E-state index contributed by atoms with van der Waals surface area (Å²) in [7, 11) is 0. The lowest BCUT2D eigenvalue weighted by Gasteiger charge is -2.24. The van der Waals surface area contributed by atoms with Gasteiger partial charge in [0.25, 0.3) is 0 Å². The van der Waals surface area contributed by atoms with E-state index in [0.717, 1.165) is 29.6 Å². The average molecular weight is 699 g/mol. The number of benzene rings is 5. The second kappa shape index (κ2) is 18.0. The van der Waals surface area contributed by atoms with Gasteiger partial charge in [-0.05, 0) is 130 Å². The summed E-state index contributed by atoms with van der Waals surface area (Å²) < 4.78 is 0. The zero-order chi connectivity index (χ0) is 37.9. The molecule has 0 heterocycles. The standard InChI is InChI=1S/C54H50/c1-7-24-43(8-2)39(3)51(52(47-31-20-12-21-32-47)40(4)44-25-14-9-15-26-44)49-35-37-50(38-36-49)54(42(6)46-29-18-11-19-30-46)53(48-33-22-13-23-34-48)41(5)45-27-16-10-17-28-45/h7-10,12-18,20-38H,1-2,11,19H2,3-6H3/b43-24+,51-39+,52-40+,53-41+,54-42+. The topological polar surface area (TPSA) is 0 Å². The molecule has 0 N–H and O–H groups in total. The van der Waals surface area contributed by atoms with Crippen LogP contribution in [0.15, 0.2) is 217 Å². The van der Waals surface area contributed by atoms with Crippen LogP contribution in [-0.4, -0.2) is 0 Å². The second-order valence-electron chi connectivity index (χ2n) is 13.7. The fraction of sp³-hybridized carbons (Fsp3) is 0.111. The molecule has 0 atom stereocenters. The molecule has 0 aliphatic heterocycles. The van der Waals surface area contributed by atoms with E-state index < -0.39 is 0 Å². The van der Waals surface area contributed by atoms with Crippen molar-refractivity contribution in [3.63, 3.8) is 0 Å². The van der Waals surface area contributed by atoms with Crippen molar-refractivity contribution in [2.24, 2.45) is 0 Å². The zero-order valence-corrected chi connectivity index (χ0v) is 32.1. The Morgan fingerprint density at radius 1 is 0.444 bits per heavy atom. The Hall–Kier alpha value is -6.24. The van der Waals surface area contributed by atoms with Gasteiger partial charge < -0.3 is 0 Å². The first-order valence-electron chi connectivity index (χ1n) is 18.9. The van der Waals surface area contributed by atoms with E-state index in [1.54, 1.807) is 0 Å². The highest BCUT2D eigenvalue weighted by Crippen LogP contribution is 2.44. The fourth-order valence-electron chi connectivity index (χ4n) is 7.52. The number of hydrogen-bond acceptors (Lipinski definition) is 0. The molecule has 0 bridgehead atoms. The van der Waals surface area contributed by atoms with Crippen molar-refractivity contribution in [1.29, 1.82) is 0 Å². The Kier molecular flexibility index (Phi) is 12.5. The molecule has 0 spiro atoms. The maximum Gasteiger partial charge on any atom is -0.00673 e. The van der Waals surface area contributed by atoms with Crippen molar-refractivity contribution < 1.29 is 0 Å². The summed E-state index contributed by atoms with van der Waals surface area (Å²) in [6.07, 6.45) is 14.9. The van der Waals surface area contributed by atoms with Gasteiger partial charge in [0.05, 0.1) is 0 Å². The first kappa shape index (κ1) is 37.5. The van der Waals surface area contributed by atoms with Gasteiger partial charge in [0.1, 0.15) is 0 Å². The molecule has 54 heavy (non-hydrogen) atoms. The molecular weight excluding hydrogens is 649 g/mol. The summed E-state index contributed by atoms with van der Waals surface area (Å²) in [6, 6.07) is 52.4. The third-order valence-electron chi connectivity index (χ3n) is 10.4. The second-order valence-corrected chi connectivity index (χ2v) is 13.7. The molecule has 5 aromatic rings. The Morgan fingerprint density at radius 3 is 1.24 bits per heavy atom. The van der Waals surface area contributed by atoms with Crippen molar-refractivity contribution in [2.75, 3.05) is 0 Å². The zero-order valence-electron chi connectivity index (χ0n) is 32.1. The van der Waals surface area contributed by atoms with Gasteiger partial charge >= 0.3 is 0 Å². The van der Waals surface area contributed by atoms with Crippen LogP contribution in [0.3, 0.4) is 0 Å². The highest BCUT2D eigenvalue weighted by molar-refractivity contribution is 6.18. The van der Waals surface area contributed by atoms with Gasteiger partial charge in [-0.25, -0.2) is 0 Å². The van der Waals surface area contributed by atoms with Crippen molar-refractivity contribution >= 4 is 33.4 Å². The van der Waals surface area contributed by atoms with Crippen LogP contribution in [0.5, 0.6) is 0 Å². The number of hydrogen-bond donors (Lipinski definition) is 0. The number of rotatable bonds is 12. The largest absolute Gasteiger partial charge is 0.0990 e. The molecule has 6 rings (SSSR count). The first-order chi connectivity index (χ1) is 26.4. The van der Waals surface area contributed by atoms with Gasteiger partial charge in [0.2, 0.25) is 0 Å². The minimum Gasteiger partial charge on any atom is -0.0990 e. The molecule has 0 unspecified atom stereocenters. The molecule has 0 saturated heterocycles. The fourth-order valence-corrected chi connectivity index (χ4v) is 7.52. The molecule has 0 radical (unpaired) electrons. The van der Waals surface area contributed by atoms with E-state index in [-0.39, 0.29) is 0 Å². The lowest BCUT2D eigenvalue weighted by molar-refractivity contribution is 1.02. The molecule has 0 amide bonds. The van der Waals surface area contributed by atoms with Gasteiger partial charge in [-0.15, -0.1) is 0 Å². The first-order valence-corrected chi connectivity index (χ1v) is 18.9. The van der Waals surface area contributed by atoms with Crippen LogP contribution in [0.1, 0.15) is 73.9 Å². The highest BCUT2D eigenvalue weighted by atomic mass is 14.3. The van der Waals surface area contributed by atoms with Crippen LogP contribution >= 0.6 is 0 Å². The van der Waals surface area contributed by atoms with E-state index in [1.807, 2.05) is 12.2 Å². The quantitative estimate of drug-likeness (QED) is 0.0899. The van der Waals surface area contributed by atoms with E-state index in [2.05, 4.69) is 211 Å². The van der Waals surface area contributed by atoms with E-state index in [9.17, 15) is 0 Å². The van der Waals surface area contributed by atoms with Gasteiger partial charge in [0, 0.05) is 0 Å². The van der Waals surface area contributed by atoms with Crippen LogP contribution < -0.4 is 0 Å². The Balaban J connectivity index is 1.64. The maximum atomic E-state index is 4.21. The lowest BCUT2D eigenvalue weighted by Crippen LogP contribution is -2.02. The van der Waals surface area contributed by atoms with Crippen LogP contribution in [0.25, 0.3) is 33.4 Å². The number of allylic oxidation sites excluding steroid dienone is 16. The van der Waals surface area contributed by atoms with E-state index in [0.29, 0.717) is 0 Å². The summed E-state index contributed by atoms with van der Waals surface area (Å²) in [4.78, 5) is 0. The predicted molar refractivity (Wildman–Crippen MR) is 237 cm³/mol. The van der Waals surface area contributed by atoms with Gasteiger partial charge in [-0.1, -0.05) is 195 Å². The molecule has 0 aromatic heterocycles. The van der Waals surface area contributed by atoms with Crippen molar-refractivity contribution in [3.05, 3.63) is 251 Å². The third-order valence-corrected chi connectivity index (χ3v) is 10.4. The van der Waals surface area contributed by atoms with Crippen LogP contribution in [0, 0.1) is 0 Å². The molecular formula is C54H50. The monoisotopic (exact) mass is 698 g/mol. The lowest BCUT2D eigenvalue weighted by atomic mass is 9.80. The van der Waals surface area contributed by atoms with Gasteiger partial charge in [0.15, 0.2) is 0 Å². The van der Waals surface area contributed by atoms with Crippen molar-refractivity contribution in [3.8, 4) is 0 Å². The summed E-state index contributed by atoms with van der Waals surface area (Å²) in [5, 5.41) is 0. The summed E-state index contributed by atoms with van der Waals surface area (Å²) in [6.45, 7) is 17.2. The minimum absolute atomic E-state index is 1.04. The summed E-state index contributed by atoms with van der Waals surface area (Å²) in [5.74, 6) is 0. The average Bonchev–Trinajstić information content (AvgIpc) is 3.24. The Bertz CT molecular complexity index is 2310. The highest BCUT2D eigenvalue weighted by Gasteiger charge is 2.22. The molecule has 1 aliphatic carbocycles. The maximum absolute atomic E-state index is 4.21. The molecule has 0 fully saturated rings. The molecule has 0 nitrogen and oxygen atoms in total. The third kappa shape index (κ3) is 8.35. The van der Waals surface area contributed by atoms with Crippen molar-refractivity contribution in [2.45, 2.75) is 40.5 Å². The van der Waals surface area contributed by atoms with Gasteiger partial charge in [-0.3, -0.25) is 0 Å².